The average Bonchev–Trinajstić information content (AvgIpc) is 2.07. The molecule has 0 unspecified atom stereocenters. The molecule has 1 aromatic heterocycles. The molecule has 0 aliphatic rings. The first kappa shape index (κ1) is 10.2. The highest BCUT2D eigenvalue weighted by Gasteiger charge is 2.05. The Morgan fingerprint density at radius 3 is 2.79 bits per heavy atom. The Labute approximate surface area is 104 Å². The third kappa shape index (κ3) is 1.72. The lowest BCUT2D eigenvalue weighted by atomic mass is 10.2. The van der Waals surface area contributed by atoms with Crippen LogP contribution in [0.2, 0.25) is 0 Å². The zero-order chi connectivity index (χ0) is 10.3. The van der Waals surface area contributed by atoms with Gasteiger partial charge in [0.25, 0.3) is 0 Å². The molecule has 0 atom stereocenters. The van der Waals surface area contributed by atoms with Gasteiger partial charge in [0.05, 0.1) is 5.52 Å². The highest BCUT2D eigenvalue weighted by atomic mass is 127. The lowest BCUT2D eigenvalue weighted by molar-refractivity contribution is 1.25. The van der Waals surface area contributed by atoms with Gasteiger partial charge in [-0.2, -0.15) is 0 Å². The van der Waals surface area contributed by atoms with E-state index in [9.17, 15) is 0 Å². The van der Waals surface area contributed by atoms with Crippen LogP contribution in [0.5, 0.6) is 0 Å². The number of hydrogen-bond acceptors (Lipinski definition) is 2. The summed E-state index contributed by atoms with van der Waals surface area (Å²) in [4.78, 5) is 4.45. The summed E-state index contributed by atoms with van der Waals surface area (Å²) in [7, 11) is 0. The van der Waals surface area contributed by atoms with E-state index in [-0.39, 0.29) is 0 Å². The van der Waals surface area contributed by atoms with Crippen LogP contribution < -0.4 is 5.73 Å². The maximum Gasteiger partial charge on any atom is 0.0868 e. The minimum Gasteiger partial charge on any atom is -0.398 e. The van der Waals surface area contributed by atoms with Crippen molar-refractivity contribution < 1.29 is 0 Å². The van der Waals surface area contributed by atoms with Gasteiger partial charge < -0.3 is 5.73 Å². The number of nitrogens with two attached hydrogens (primary N) is 1. The van der Waals surface area contributed by atoms with Crippen LogP contribution in [0, 0.1) is 10.5 Å². The highest BCUT2D eigenvalue weighted by molar-refractivity contribution is 14.1. The van der Waals surface area contributed by atoms with Gasteiger partial charge in [-0.25, -0.2) is 0 Å². The van der Waals surface area contributed by atoms with Crippen LogP contribution in [-0.4, -0.2) is 4.98 Å². The zero-order valence-electron chi connectivity index (χ0n) is 7.51. The van der Waals surface area contributed by atoms with Crippen molar-refractivity contribution in [2.24, 2.45) is 0 Å². The Morgan fingerprint density at radius 1 is 1.36 bits per heavy atom. The topological polar surface area (TPSA) is 38.9 Å². The van der Waals surface area contributed by atoms with E-state index < -0.39 is 0 Å². The van der Waals surface area contributed by atoms with Crippen LogP contribution in [0.25, 0.3) is 10.9 Å². The molecule has 2 aromatic rings. The van der Waals surface area contributed by atoms with E-state index in [4.69, 9.17) is 5.73 Å². The number of aromatic nitrogens is 1. The predicted octanol–water partition coefficient (Wildman–Crippen LogP) is 3.49. The molecule has 1 aromatic carbocycles. The highest BCUT2D eigenvalue weighted by Crippen LogP contribution is 2.29. The van der Waals surface area contributed by atoms with Gasteiger partial charge in [-0.05, 0) is 63.6 Å². The maximum atomic E-state index is 5.93. The SMILES string of the molecule is Cc1cc(N)c2cc(I)cc(Br)c2n1. The van der Waals surface area contributed by atoms with Gasteiger partial charge in [0, 0.05) is 24.8 Å². The second-order valence-corrected chi connectivity index (χ2v) is 5.24. The third-order valence-electron chi connectivity index (χ3n) is 1.99. The Morgan fingerprint density at radius 2 is 2.07 bits per heavy atom. The van der Waals surface area contributed by atoms with Crippen LogP contribution in [0.4, 0.5) is 5.69 Å². The summed E-state index contributed by atoms with van der Waals surface area (Å²) >= 11 is 5.76. The van der Waals surface area contributed by atoms with Gasteiger partial charge in [-0.1, -0.05) is 0 Å². The molecule has 0 aliphatic heterocycles. The number of halogens is 2. The minimum atomic E-state index is 0.784. The number of pyridine rings is 1. The Bertz CT molecular complexity index is 464. The number of nitrogen functional groups attached to an aromatic ring is 1. The normalized spacial score (nSPS) is 10.8. The van der Waals surface area contributed by atoms with Crippen molar-refractivity contribution in [1.82, 2.24) is 4.98 Å². The van der Waals surface area contributed by atoms with Gasteiger partial charge in [0.15, 0.2) is 0 Å². The molecule has 2 rings (SSSR count). The third-order valence-corrected chi connectivity index (χ3v) is 3.22. The van der Waals surface area contributed by atoms with Crippen LogP contribution in [0.3, 0.4) is 0 Å². The second kappa shape index (κ2) is 3.66. The second-order valence-electron chi connectivity index (χ2n) is 3.14. The maximum absolute atomic E-state index is 5.93. The van der Waals surface area contributed by atoms with Gasteiger partial charge in [-0.3, -0.25) is 4.98 Å². The quantitative estimate of drug-likeness (QED) is 0.728. The first-order valence-corrected chi connectivity index (χ1v) is 5.97. The molecule has 2 N–H and O–H groups in total. The Kier molecular flexibility index (Phi) is 2.66. The number of hydrogen-bond donors (Lipinski definition) is 1. The Hall–Kier alpha value is -0.360. The molecule has 72 valence electrons. The van der Waals surface area contributed by atoms with E-state index in [1.165, 1.54) is 0 Å². The number of aryl methyl sites for hydroxylation is 1. The van der Waals surface area contributed by atoms with Crippen LogP contribution in [0.1, 0.15) is 5.69 Å². The fraction of sp³-hybridized carbons (Fsp3) is 0.100. The van der Waals surface area contributed by atoms with Crippen LogP contribution >= 0.6 is 38.5 Å². The summed E-state index contributed by atoms with van der Waals surface area (Å²) in [6.07, 6.45) is 0. The monoisotopic (exact) mass is 362 g/mol. The summed E-state index contributed by atoms with van der Waals surface area (Å²) < 4.78 is 2.15. The molecule has 0 fully saturated rings. The molecule has 0 amide bonds. The number of nitrogens with zero attached hydrogens (tertiary/aromatic N) is 1. The summed E-state index contributed by atoms with van der Waals surface area (Å²) in [5, 5.41) is 1.01. The van der Waals surface area contributed by atoms with Gasteiger partial charge in [0.1, 0.15) is 0 Å². The van der Waals surface area contributed by atoms with E-state index in [2.05, 4.69) is 43.5 Å². The minimum absolute atomic E-state index is 0.784. The molecule has 0 radical (unpaired) electrons. The molecule has 0 bridgehead atoms. The molecule has 0 aliphatic carbocycles. The summed E-state index contributed by atoms with van der Waals surface area (Å²) in [6, 6.07) is 5.97. The largest absolute Gasteiger partial charge is 0.398 e. The predicted molar refractivity (Wildman–Crippen MR) is 71.3 cm³/mol. The number of rotatable bonds is 0. The molecular weight excluding hydrogens is 355 g/mol. The van der Waals surface area contributed by atoms with E-state index >= 15 is 0 Å². The van der Waals surface area contributed by atoms with Crippen LogP contribution in [-0.2, 0) is 0 Å². The van der Waals surface area contributed by atoms with Crippen molar-refractivity contribution in [2.45, 2.75) is 6.92 Å². The van der Waals surface area contributed by atoms with Crippen molar-refractivity contribution in [2.75, 3.05) is 5.73 Å². The first-order chi connectivity index (χ1) is 6.58. The summed E-state index contributed by atoms with van der Waals surface area (Å²) in [5.74, 6) is 0. The molecule has 2 nitrogen and oxygen atoms in total. The fourth-order valence-electron chi connectivity index (χ4n) is 1.41. The smallest absolute Gasteiger partial charge is 0.0868 e. The molecule has 4 heteroatoms. The van der Waals surface area contributed by atoms with Gasteiger partial charge in [0.2, 0.25) is 0 Å². The molecular formula is C10H8BrIN2. The van der Waals surface area contributed by atoms with E-state index in [1.54, 1.807) is 0 Å². The molecule has 14 heavy (non-hydrogen) atoms. The van der Waals surface area contributed by atoms with Crippen molar-refractivity contribution in [3.63, 3.8) is 0 Å². The lowest BCUT2D eigenvalue weighted by Crippen LogP contribution is -1.93. The van der Waals surface area contributed by atoms with Crippen molar-refractivity contribution in [1.29, 1.82) is 0 Å². The van der Waals surface area contributed by atoms with E-state index in [1.807, 2.05) is 25.1 Å². The Balaban J connectivity index is 2.94. The number of anilines is 1. The first-order valence-electron chi connectivity index (χ1n) is 4.10. The summed E-state index contributed by atoms with van der Waals surface area (Å²) in [5.41, 5.74) is 8.59. The number of fused-ring (bicyclic) bond motifs is 1. The molecule has 0 saturated heterocycles. The fourth-order valence-corrected chi connectivity index (χ4v) is 3.01. The average molecular weight is 363 g/mol. The molecule has 0 spiro atoms. The zero-order valence-corrected chi connectivity index (χ0v) is 11.3. The van der Waals surface area contributed by atoms with Crippen molar-refractivity contribution >= 4 is 55.1 Å². The van der Waals surface area contributed by atoms with E-state index in [0.29, 0.717) is 0 Å². The number of benzene rings is 1. The standard InChI is InChI=1S/C10H8BrIN2/c1-5-2-9(13)7-3-6(12)4-8(11)10(7)14-5/h2-4H,1H3,(H2,13,14). The lowest BCUT2D eigenvalue weighted by Gasteiger charge is -2.05. The summed E-state index contributed by atoms with van der Waals surface area (Å²) in [6.45, 7) is 1.94. The van der Waals surface area contributed by atoms with Gasteiger partial charge in [-0.15, -0.1) is 0 Å². The molecule has 0 saturated carbocycles. The van der Waals surface area contributed by atoms with Crippen LogP contribution in [0.15, 0.2) is 22.7 Å². The van der Waals surface area contributed by atoms with E-state index in [0.717, 1.165) is 30.3 Å². The van der Waals surface area contributed by atoms with Gasteiger partial charge >= 0.3 is 0 Å². The van der Waals surface area contributed by atoms with Crippen molar-refractivity contribution in [3.8, 4) is 0 Å². The molecule has 1 heterocycles. The van der Waals surface area contributed by atoms with Crippen molar-refractivity contribution in [3.05, 3.63) is 31.9 Å².